The standard InChI is InChI=1S/C22H18N4O4S/c23-31(28,29)18-11-7-16(8-12-18)25-22(27)14-30-17-9-5-15(6-10-17)21-13-24-19-3-1-2-4-20(19)26-21/h1-13H,14H2,(H,25,27)(H2,23,28,29). The van der Waals surface area contributed by atoms with E-state index in [9.17, 15) is 13.2 Å². The van der Waals surface area contributed by atoms with Crippen LogP contribution in [-0.4, -0.2) is 30.9 Å². The van der Waals surface area contributed by atoms with E-state index in [1.807, 2.05) is 36.4 Å². The van der Waals surface area contributed by atoms with Crippen molar-refractivity contribution in [1.82, 2.24) is 9.97 Å². The van der Waals surface area contributed by atoms with Gasteiger partial charge in [0.2, 0.25) is 10.0 Å². The largest absolute Gasteiger partial charge is 0.484 e. The summed E-state index contributed by atoms with van der Waals surface area (Å²) in [7, 11) is -3.77. The summed E-state index contributed by atoms with van der Waals surface area (Å²) >= 11 is 0. The van der Waals surface area contributed by atoms with Crippen LogP contribution in [0.1, 0.15) is 0 Å². The van der Waals surface area contributed by atoms with Gasteiger partial charge in [0.15, 0.2) is 6.61 Å². The quantitative estimate of drug-likeness (QED) is 0.481. The highest BCUT2D eigenvalue weighted by atomic mass is 32.2. The van der Waals surface area contributed by atoms with Gasteiger partial charge in [-0.1, -0.05) is 12.1 Å². The van der Waals surface area contributed by atoms with Crippen molar-refractivity contribution < 1.29 is 17.9 Å². The molecule has 0 saturated heterocycles. The summed E-state index contributed by atoms with van der Waals surface area (Å²) in [5, 5.41) is 7.68. The summed E-state index contributed by atoms with van der Waals surface area (Å²) in [5.74, 6) is 0.144. The minimum atomic E-state index is -3.77. The second-order valence-electron chi connectivity index (χ2n) is 6.67. The maximum Gasteiger partial charge on any atom is 0.262 e. The van der Waals surface area contributed by atoms with Gasteiger partial charge >= 0.3 is 0 Å². The van der Waals surface area contributed by atoms with Crippen molar-refractivity contribution in [3.8, 4) is 17.0 Å². The molecule has 0 unspecified atom stereocenters. The topological polar surface area (TPSA) is 124 Å². The maximum absolute atomic E-state index is 12.1. The molecule has 0 spiro atoms. The highest BCUT2D eigenvalue weighted by Crippen LogP contribution is 2.22. The molecule has 8 nitrogen and oxygen atoms in total. The number of para-hydroxylation sites is 2. The Morgan fingerprint density at radius 2 is 1.61 bits per heavy atom. The van der Waals surface area contributed by atoms with Crippen molar-refractivity contribution in [2.45, 2.75) is 4.90 Å². The fourth-order valence-electron chi connectivity index (χ4n) is 2.89. The SMILES string of the molecule is NS(=O)(=O)c1ccc(NC(=O)COc2ccc(-c3cnc4ccccc4n3)cc2)cc1. The maximum atomic E-state index is 12.1. The first-order valence-corrected chi connectivity index (χ1v) is 10.8. The molecule has 0 saturated carbocycles. The lowest BCUT2D eigenvalue weighted by Crippen LogP contribution is -2.20. The van der Waals surface area contributed by atoms with Crippen molar-refractivity contribution >= 4 is 32.7 Å². The number of nitrogens with one attached hydrogen (secondary N) is 1. The van der Waals surface area contributed by atoms with E-state index in [0.717, 1.165) is 22.3 Å². The second kappa shape index (κ2) is 8.50. The molecular weight excluding hydrogens is 416 g/mol. The van der Waals surface area contributed by atoms with Crippen LogP contribution >= 0.6 is 0 Å². The Hall–Kier alpha value is -3.82. The molecule has 0 aliphatic carbocycles. The number of sulfonamides is 1. The minimum absolute atomic E-state index is 0.0297. The zero-order valence-electron chi connectivity index (χ0n) is 16.2. The van der Waals surface area contributed by atoms with E-state index < -0.39 is 10.0 Å². The molecule has 0 fully saturated rings. The number of aromatic nitrogens is 2. The molecule has 9 heteroatoms. The Balaban J connectivity index is 1.36. The lowest BCUT2D eigenvalue weighted by atomic mass is 10.1. The summed E-state index contributed by atoms with van der Waals surface area (Å²) in [4.78, 5) is 21.1. The van der Waals surface area contributed by atoms with Crippen LogP contribution in [0.25, 0.3) is 22.3 Å². The van der Waals surface area contributed by atoms with E-state index >= 15 is 0 Å². The van der Waals surface area contributed by atoms with Gasteiger partial charge in [-0.15, -0.1) is 0 Å². The highest BCUT2D eigenvalue weighted by Gasteiger charge is 2.09. The van der Waals surface area contributed by atoms with Gasteiger partial charge < -0.3 is 10.1 Å². The predicted octanol–water partition coefficient (Wildman–Crippen LogP) is 2.96. The molecular formula is C22H18N4O4S. The lowest BCUT2D eigenvalue weighted by Gasteiger charge is -2.09. The molecule has 0 aliphatic heterocycles. The van der Waals surface area contributed by atoms with Gasteiger partial charge in [-0.25, -0.2) is 18.5 Å². The first-order chi connectivity index (χ1) is 14.9. The highest BCUT2D eigenvalue weighted by molar-refractivity contribution is 7.89. The number of benzene rings is 3. The van der Waals surface area contributed by atoms with Crippen LogP contribution < -0.4 is 15.2 Å². The molecule has 156 valence electrons. The molecule has 3 aromatic carbocycles. The second-order valence-corrected chi connectivity index (χ2v) is 8.24. The molecule has 0 aliphatic rings. The zero-order valence-corrected chi connectivity index (χ0v) is 17.0. The van der Waals surface area contributed by atoms with Crippen molar-refractivity contribution in [1.29, 1.82) is 0 Å². The number of hydrogen-bond donors (Lipinski definition) is 2. The Bertz CT molecular complexity index is 1340. The summed E-state index contributed by atoms with van der Waals surface area (Å²) in [6, 6.07) is 20.4. The van der Waals surface area contributed by atoms with Crippen LogP contribution in [0.2, 0.25) is 0 Å². The summed E-state index contributed by atoms with van der Waals surface area (Å²) in [6.07, 6.45) is 1.72. The van der Waals surface area contributed by atoms with Gasteiger partial charge in [-0.05, 0) is 60.7 Å². The average Bonchev–Trinajstić information content (AvgIpc) is 2.77. The van der Waals surface area contributed by atoms with Gasteiger partial charge in [0, 0.05) is 11.3 Å². The molecule has 0 bridgehead atoms. The van der Waals surface area contributed by atoms with Crippen LogP contribution in [0.4, 0.5) is 5.69 Å². The van der Waals surface area contributed by atoms with E-state index in [1.54, 1.807) is 18.3 Å². The molecule has 3 N–H and O–H groups in total. The number of carbonyl (C=O) groups excluding carboxylic acids is 1. The lowest BCUT2D eigenvalue weighted by molar-refractivity contribution is -0.118. The Morgan fingerprint density at radius 3 is 2.29 bits per heavy atom. The van der Waals surface area contributed by atoms with E-state index in [0.29, 0.717) is 11.4 Å². The molecule has 1 amide bonds. The van der Waals surface area contributed by atoms with Gasteiger partial charge in [0.1, 0.15) is 5.75 Å². The van der Waals surface area contributed by atoms with Gasteiger partial charge in [0.25, 0.3) is 5.91 Å². The number of ether oxygens (including phenoxy) is 1. The van der Waals surface area contributed by atoms with E-state index in [-0.39, 0.29) is 17.4 Å². The summed E-state index contributed by atoms with van der Waals surface area (Å²) in [5.41, 5.74) is 3.70. The van der Waals surface area contributed by atoms with E-state index in [1.165, 1.54) is 24.3 Å². The molecule has 1 heterocycles. The van der Waals surface area contributed by atoms with Crippen molar-refractivity contribution in [3.63, 3.8) is 0 Å². The summed E-state index contributed by atoms with van der Waals surface area (Å²) < 4.78 is 28.0. The van der Waals surface area contributed by atoms with E-state index in [2.05, 4.69) is 15.3 Å². The molecule has 4 aromatic rings. The van der Waals surface area contributed by atoms with Crippen LogP contribution in [0.3, 0.4) is 0 Å². The fraction of sp³-hybridized carbons (Fsp3) is 0.0455. The van der Waals surface area contributed by atoms with Crippen molar-refractivity contribution in [2.24, 2.45) is 5.14 Å². The van der Waals surface area contributed by atoms with Crippen LogP contribution in [0, 0.1) is 0 Å². The zero-order chi connectivity index (χ0) is 21.8. The molecule has 4 rings (SSSR count). The number of hydrogen-bond acceptors (Lipinski definition) is 6. The van der Waals surface area contributed by atoms with Crippen molar-refractivity contribution in [2.75, 3.05) is 11.9 Å². The normalized spacial score (nSPS) is 11.3. The van der Waals surface area contributed by atoms with E-state index in [4.69, 9.17) is 9.88 Å². The fourth-order valence-corrected chi connectivity index (χ4v) is 3.41. The predicted molar refractivity (Wildman–Crippen MR) is 117 cm³/mol. The monoisotopic (exact) mass is 434 g/mol. The van der Waals surface area contributed by atoms with Gasteiger partial charge in [-0.3, -0.25) is 9.78 Å². The number of fused-ring (bicyclic) bond motifs is 1. The first kappa shape index (κ1) is 20.5. The number of anilines is 1. The first-order valence-electron chi connectivity index (χ1n) is 9.26. The third-order valence-corrected chi connectivity index (χ3v) is 5.36. The average molecular weight is 434 g/mol. The molecule has 0 radical (unpaired) electrons. The Kier molecular flexibility index (Phi) is 5.61. The number of nitrogens with zero attached hydrogens (tertiary/aromatic N) is 2. The minimum Gasteiger partial charge on any atom is -0.484 e. The third-order valence-electron chi connectivity index (χ3n) is 4.44. The molecule has 31 heavy (non-hydrogen) atoms. The Labute approximate surface area is 178 Å². The summed E-state index contributed by atoms with van der Waals surface area (Å²) in [6.45, 7) is -0.202. The van der Waals surface area contributed by atoms with Gasteiger partial charge in [-0.2, -0.15) is 0 Å². The number of rotatable bonds is 6. The number of amides is 1. The number of nitrogens with two attached hydrogens (primary N) is 1. The number of primary sulfonamides is 1. The van der Waals surface area contributed by atoms with Gasteiger partial charge in [0.05, 0.1) is 27.8 Å². The van der Waals surface area contributed by atoms with Crippen LogP contribution in [0.5, 0.6) is 5.75 Å². The van der Waals surface area contributed by atoms with Crippen molar-refractivity contribution in [3.05, 3.63) is 79.0 Å². The third kappa shape index (κ3) is 5.03. The molecule has 1 aromatic heterocycles. The Morgan fingerprint density at radius 1 is 0.935 bits per heavy atom. The van der Waals surface area contributed by atoms with Crippen LogP contribution in [0.15, 0.2) is 83.9 Å². The smallest absolute Gasteiger partial charge is 0.262 e. The van der Waals surface area contributed by atoms with Crippen LogP contribution in [-0.2, 0) is 14.8 Å². The molecule has 0 atom stereocenters. The number of carbonyl (C=O) groups is 1.